The Hall–Kier alpha value is -2.70. The highest BCUT2D eigenvalue weighted by molar-refractivity contribution is 6.02. The number of amides is 2. The summed E-state index contributed by atoms with van der Waals surface area (Å²) in [5.74, 6) is -0.540. The SMILES string of the molecule is Cc1cc(C)cc(C(=O)N(NC(C)(C)CO)C(=O)OCc2ccccc2)c1. The molecular formula is C21H26N2O4. The fourth-order valence-electron chi connectivity index (χ4n) is 2.53. The number of hydrogen-bond acceptors (Lipinski definition) is 5. The molecule has 2 rings (SSSR count). The highest BCUT2D eigenvalue weighted by atomic mass is 16.6. The maximum Gasteiger partial charge on any atom is 0.432 e. The summed E-state index contributed by atoms with van der Waals surface area (Å²) in [6.45, 7) is 6.89. The van der Waals surface area contributed by atoms with Gasteiger partial charge in [0.25, 0.3) is 5.91 Å². The second kappa shape index (κ2) is 8.79. The topological polar surface area (TPSA) is 78.9 Å². The van der Waals surface area contributed by atoms with E-state index in [0.29, 0.717) is 5.56 Å². The normalized spacial score (nSPS) is 11.1. The van der Waals surface area contributed by atoms with E-state index in [4.69, 9.17) is 4.74 Å². The van der Waals surface area contributed by atoms with Crippen LogP contribution in [0.5, 0.6) is 0 Å². The van der Waals surface area contributed by atoms with Crippen LogP contribution < -0.4 is 5.43 Å². The minimum atomic E-state index is -0.889. The largest absolute Gasteiger partial charge is 0.443 e. The van der Waals surface area contributed by atoms with Crippen LogP contribution in [0.3, 0.4) is 0 Å². The van der Waals surface area contributed by atoms with Crippen LogP contribution >= 0.6 is 0 Å². The molecule has 0 spiro atoms. The second-order valence-corrected chi connectivity index (χ2v) is 7.21. The van der Waals surface area contributed by atoms with Crippen molar-refractivity contribution in [1.29, 1.82) is 0 Å². The lowest BCUT2D eigenvalue weighted by atomic mass is 10.1. The lowest BCUT2D eigenvalue weighted by Crippen LogP contribution is -2.57. The average Bonchev–Trinajstić information content (AvgIpc) is 2.63. The third-order valence-corrected chi connectivity index (χ3v) is 3.87. The van der Waals surface area contributed by atoms with Gasteiger partial charge in [-0.05, 0) is 45.4 Å². The van der Waals surface area contributed by atoms with E-state index in [1.165, 1.54) is 0 Å². The van der Waals surface area contributed by atoms with Gasteiger partial charge in [0.1, 0.15) is 6.61 Å². The first kappa shape index (κ1) is 20.6. The highest BCUT2D eigenvalue weighted by Gasteiger charge is 2.30. The van der Waals surface area contributed by atoms with Gasteiger partial charge < -0.3 is 9.84 Å². The number of ether oxygens (including phenoxy) is 1. The Morgan fingerprint density at radius 2 is 1.67 bits per heavy atom. The molecular weight excluding hydrogens is 344 g/mol. The Morgan fingerprint density at radius 1 is 1.07 bits per heavy atom. The third-order valence-electron chi connectivity index (χ3n) is 3.87. The van der Waals surface area contributed by atoms with Crippen molar-refractivity contribution in [2.24, 2.45) is 0 Å². The fourth-order valence-corrected chi connectivity index (χ4v) is 2.53. The predicted molar refractivity (Wildman–Crippen MR) is 103 cm³/mol. The monoisotopic (exact) mass is 370 g/mol. The molecule has 2 aromatic carbocycles. The molecule has 6 heteroatoms. The number of imide groups is 1. The number of rotatable bonds is 6. The van der Waals surface area contributed by atoms with E-state index in [1.54, 1.807) is 26.0 Å². The van der Waals surface area contributed by atoms with E-state index in [9.17, 15) is 14.7 Å². The lowest BCUT2D eigenvalue weighted by Gasteiger charge is -2.31. The number of nitrogens with one attached hydrogen (secondary N) is 1. The van der Waals surface area contributed by atoms with Crippen molar-refractivity contribution in [2.75, 3.05) is 6.61 Å². The molecule has 0 radical (unpaired) electrons. The number of hydrogen-bond donors (Lipinski definition) is 2. The summed E-state index contributed by atoms with van der Waals surface area (Å²) in [4.78, 5) is 25.6. The molecule has 2 N–H and O–H groups in total. The molecule has 0 saturated heterocycles. The van der Waals surface area contributed by atoms with E-state index < -0.39 is 17.5 Å². The van der Waals surface area contributed by atoms with Crippen molar-refractivity contribution >= 4 is 12.0 Å². The standard InChI is InChI=1S/C21H26N2O4/c1-15-10-16(2)12-18(11-15)19(25)23(22-21(3,4)14-24)20(26)27-13-17-8-6-5-7-9-17/h5-12,22,24H,13-14H2,1-4H3. The van der Waals surface area contributed by atoms with Crippen LogP contribution in [0.15, 0.2) is 48.5 Å². The highest BCUT2D eigenvalue weighted by Crippen LogP contribution is 2.14. The lowest BCUT2D eigenvalue weighted by molar-refractivity contribution is 0.0342. The number of carbonyl (C=O) groups excluding carboxylic acids is 2. The number of aliphatic hydroxyl groups excluding tert-OH is 1. The molecule has 0 atom stereocenters. The maximum atomic E-state index is 13.0. The summed E-state index contributed by atoms with van der Waals surface area (Å²) in [5.41, 5.74) is 4.89. The summed E-state index contributed by atoms with van der Waals surface area (Å²) in [6.07, 6.45) is -0.829. The first-order valence-corrected chi connectivity index (χ1v) is 8.74. The van der Waals surface area contributed by atoms with Gasteiger partial charge in [0.15, 0.2) is 0 Å². The van der Waals surface area contributed by atoms with Gasteiger partial charge >= 0.3 is 6.09 Å². The van der Waals surface area contributed by atoms with Gasteiger partial charge in [-0.15, -0.1) is 0 Å². The van der Waals surface area contributed by atoms with Crippen LogP contribution in [-0.2, 0) is 11.3 Å². The van der Waals surface area contributed by atoms with E-state index in [-0.39, 0.29) is 13.2 Å². The minimum absolute atomic E-state index is 0.0392. The Balaban J connectivity index is 2.24. The van der Waals surface area contributed by atoms with Crippen LogP contribution in [0.1, 0.15) is 40.9 Å². The Labute approximate surface area is 159 Å². The van der Waals surface area contributed by atoms with Gasteiger partial charge in [-0.3, -0.25) is 4.79 Å². The molecule has 2 amide bonds. The first-order chi connectivity index (χ1) is 12.7. The average molecular weight is 370 g/mol. The summed E-state index contributed by atoms with van der Waals surface area (Å²) < 4.78 is 5.31. The number of benzene rings is 2. The van der Waals surface area contributed by atoms with Gasteiger partial charge in [-0.2, -0.15) is 5.01 Å². The maximum absolute atomic E-state index is 13.0. The molecule has 0 aliphatic carbocycles. The number of aliphatic hydroxyl groups is 1. The summed E-state index contributed by atoms with van der Waals surface area (Å²) in [6, 6.07) is 14.6. The van der Waals surface area contributed by atoms with Gasteiger partial charge in [0.2, 0.25) is 0 Å². The second-order valence-electron chi connectivity index (χ2n) is 7.21. The van der Waals surface area contributed by atoms with Crippen molar-refractivity contribution in [3.8, 4) is 0 Å². The smallest absolute Gasteiger partial charge is 0.432 e. The molecule has 27 heavy (non-hydrogen) atoms. The number of carbonyl (C=O) groups is 2. The summed E-state index contributed by atoms with van der Waals surface area (Å²) in [5, 5.41) is 10.3. The van der Waals surface area contributed by atoms with E-state index >= 15 is 0 Å². The zero-order valence-corrected chi connectivity index (χ0v) is 16.2. The van der Waals surface area contributed by atoms with Crippen molar-refractivity contribution in [1.82, 2.24) is 10.4 Å². The molecule has 0 aromatic heterocycles. The molecule has 0 aliphatic rings. The third kappa shape index (κ3) is 5.91. The van der Waals surface area contributed by atoms with Crippen molar-refractivity contribution in [3.05, 3.63) is 70.8 Å². The Bertz CT molecular complexity index is 783. The van der Waals surface area contributed by atoms with E-state index in [2.05, 4.69) is 5.43 Å². The molecule has 0 bridgehead atoms. The quantitative estimate of drug-likeness (QED) is 0.763. The fraction of sp³-hybridized carbons (Fsp3) is 0.333. The minimum Gasteiger partial charge on any atom is -0.443 e. The summed E-state index contributed by atoms with van der Waals surface area (Å²) in [7, 11) is 0. The van der Waals surface area contributed by atoms with Gasteiger partial charge in [0, 0.05) is 5.56 Å². The van der Waals surface area contributed by atoms with Crippen LogP contribution in [0.4, 0.5) is 4.79 Å². The van der Waals surface area contributed by atoms with Crippen LogP contribution in [0, 0.1) is 13.8 Å². The van der Waals surface area contributed by atoms with Gasteiger partial charge in [-0.25, -0.2) is 10.2 Å². The van der Waals surface area contributed by atoms with Gasteiger partial charge in [-0.1, -0.05) is 47.5 Å². The number of nitrogens with zero attached hydrogens (tertiary/aromatic N) is 1. The molecule has 144 valence electrons. The van der Waals surface area contributed by atoms with E-state index in [1.807, 2.05) is 50.2 Å². The summed E-state index contributed by atoms with van der Waals surface area (Å²) >= 11 is 0. The molecule has 6 nitrogen and oxygen atoms in total. The van der Waals surface area contributed by atoms with Crippen LogP contribution in [0.25, 0.3) is 0 Å². The Morgan fingerprint density at radius 3 is 2.22 bits per heavy atom. The van der Waals surface area contributed by atoms with Crippen molar-refractivity contribution < 1.29 is 19.4 Å². The molecule has 0 heterocycles. The molecule has 0 fully saturated rings. The van der Waals surface area contributed by atoms with Crippen molar-refractivity contribution in [3.63, 3.8) is 0 Å². The molecule has 0 unspecified atom stereocenters. The zero-order chi connectivity index (χ0) is 20.0. The van der Waals surface area contributed by atoms with Crippen LogP contribution in [-0.4, -0.2) is 34.3 Å². The number of aryl methyl sites for hydroxylation is 2. The van der Waals surface area contributed by atoms with E-state index in [0.717, 1.165) is 21.7 Å². The molecule has 0 aliphatic heterocycles. The molecule has 0 saturated carbocycles. The predicted octanol–water partition coefficient (Wildman–Crippen LogP) is 3.36. The van der Waals surface area contributed by atoms with Crippen molar-refractivity contribution in [2.45, 2.75) is 39.8 Å². The van der Waals surface area contributed by atoms with Gasteiger partial charge in [0.05, 0.1) is 12.1 Å². The first-order valence-electron chi connectivity index (χ1n) is 8.74. The Kier molecular flexibility index (Phi) is 6.71. The molecule has 2 aromatic rings. The number of hydrazine groups is 1. The van der Waals surface area contributed by atoms with Crippen LogP contribution in [0.2, 0.25) is 0 Å². The zero-order valence-electron chi connectivity index (χ0n) is 16.2.